The summed E-state index contributed by atoms with van der Waals surface area (Å²) in [5, 5.41) is 20.0. The number of fused-ring (bicyclic) bond motifs is 1. The van der Waals surface area contributed by atoms with Gasteiger partial charge in [0.2, 0.25) is 0 Å². The quantitative estimate of drug-likeness (QED) is 0.263. The summed E-state index contributed by atoms with van der Waals surface area (Å²) in [5.41, 5.74) is 1.38. The van der Waals surface area contributed by atoms with E-state index in [1.807, 2.05) is 7.05 Å². The molecular formula is C19H31IN6S. The molecule has 0 amide bonds. The number of aromatic nitrogens is 3. The maximum absolute atomic E-state index is 4.40. The molecule has 0 aromatic carbocycles. The highest BCUT2D eigenvalue weighted by molar-refractivity contribution is 14.0. The highest BCUT2D eigenvalue weighted by atomic mass is 127. The molecule has 3 heterocycles. The SMILES string of the molecule is CN=C(NCCCc1nnc2n1CCCCC2)NCC(C)c1ccsc1.I. The second-order valence-electron chi connectivity index (χ2n) is 6.94. The van der Waals surface area contributed by atoms with E-state index >= 15 is 0 Å². The normalized spacial score (nSPS) is 15.4. The molecule has 1 atom stereocenters. The van der Waals surface area contributed by atoms with E-state index in [1.54, 1.807) is 11.3 Å². The molecule has 2 aromatic heterocycles. The minimum Gasteiger partial charge on any atom is -0.356 e. The highest BCUT2D eigenvalue weighted by Gasteiger charge is 2.14. The lowest BCUT2D eigenvalue weighted by atomic mass is 10.1. The molecule has 27 heavy (non-hydrogen) atoms. The standard InChI is InChI=1S/C19H30N6S.HI/c1-15(16-9-12-26-14-16)13-22-19(20-2)21-10-6-8-18-24-23-17-7-4-3-5-11-25(17)18;/h9,12,14-15H,3-8,10-11,13H2,1-2H3,(H2,20,21,22);1H. The van der Waals surface area contributed by atoms with Crippen LogP contribution in [0.3, 0.4) is 0 Å². The Hall–Kier alpha value is -1.16. The lowest BCUT2D eigenvalue weighted by molar-refractivity contribution is 0.593. The third kappa shape index (κ3) is 6.44. The summed E-state index contributed by atoms with van der Waals surface area (Å²) in [6.45, 7) is 5.08. The van der Waals surface area contributed by atoms with Gasteiger partial charge in [-0.2, -0.15) is 11.3 Å². The molecule has 0 aliphatic carbocycles. The molecule has 150 valence electrons. The van der Waals surface area contributed by atoms with E-state index in [0.29, 0.717) is 5.92 Å². The molecule has 8 heteroatoms. The van der Waals surface area contributed by atoms with E-state index in [0.717, 1.165) is 50.7 Å². The molecule has 1 unspecified atom stereocenters. The average molecular weight is 502 g/mol. The summed E-state index contributed by atoms with van der Waals surface area (Å²) < 4.78 is 2.34. The van der Waals surface area contributed by atoms with Crippen LogP contribution in [0, 0.1) is 0 Å². The van der Waals surface area contributed by atoms with Crippen LogP contribution >= 0.6 is 35.3 Å². The third-order valence-electron chi connectivity index (χ3n) is 4.97. The lowest BCUT2D eigenvalue weighted by Gasteiger charge is -2.15. The Kier molecular flexibility index (Phi) is 9.53. The number of rotatable bonds is 7. The van der Waals surface area contributed by atoms with Gasteiger partial charge >= 0.3 is 0 Å². The van der Waals surface area contributed by atoms with Gasteiger partial charge in [0, 0.05) is 39.5 Å². The smallest absolute Gasteiger partial charge is 0.190 e. The molecule has 1 aliphatic rings. The molecular weight excluding hydrogens is 471 g/mol. The van der Waals surface area contributed by atoms with Crippen molar-refractivity contribution in [3.63, 3.8) is 0 Å². The van der Waals surface area contributed by atoms with Crippen molar-refractivity contribution in [3.8, 4) is 0 Å². The molecule has 3 rings (SSSR count). The Morgan fingerprint density at radius 3 is 2.96 bits per heavy atom. The second-order valence-corrected chi connectivity index (χ2v) is 7.72. The Labute approximate surface area is 183 Å². The largest absolute Gasteiger partial charge is 0.356 e. The van der Waals surface area contributed by atoms with E-state index in [2.05, 4.69) is 54.1 Å². The fourth-order valence-corrected chi connectivity index (χ4v) is 4.11. The minimum atomic E-state index is 0. The van der Waals surface area contributed by atoms with E-state index in [4.69, 9.17) is 0 Å². The van der Waals surface area contributed by atoms with Gasteiger partial charge in [0.1, 0.15) is 11.6 Å². The van der Waals surface area contributed by atoms with Gasteiger partial charge in [0.15, 0.2) is 5.96 Å². The number of guanidine groups is 1. The second kappa shape index (κ2) is 11.6. The molecule has 2 N–H and O–H groups in total. The van der Waals surface area contributed by atoms with Gasteiger partial charge in [-0.1, -0.05) is 13.3 Å². The molecule has 6 nitrogen and oxygen atoms in total. The van der Waals surface area contributed by atoms with Crippen LogP contribution in [0.25, 0.3) is 0 Å². The minimum absolute atomic E-state index is 0. The number of aryl methyl sites for hydroxylation is 2. The van der Waals surface area contributed by atoms with Crippen LogP contribution in [0.4, 0.5) is 0 Å². The zero-order valence-corrected chi connectivity index (χ0v) is 19.4. The van der Waals surface area contributed by atoms with Crippen molar-refractivity contribution in [3.05, 3.63) is 34.0 Å². The maximum Gasteiger partial charge on any atom is 0.190 e. The van der Waals surface area contributed by atoms with Crippen LogP contribution in [-0.4, -0.2) is 40.9 Å². The van der Waals surface area contributed by atoms with Gasteiger partial charge in [0.05, 0.1) is 0 Å². The first-order valence-electron chi connectivity index (χ1n) is 9.65. The first kappa shape index (κ1) is 22.1. The highest BCUT2D eigenvalue weighted by Crippen LogP contribution is 2.17. The molecule has 0 radical (unpaired) electrons. The van der Waals surface area contributed by atoms with Crippen molar-refractivity contribution in [2.45, 2.75) is 57.9 Å². The van der Waals surface area contributed by atoms with Crippen LogP contribution in [-0.2, 0) is 19.4 Å². The first-order valence-corrected chi connectivity index (χ1v) is 10.6. The van der Waals surface area contributed by atoms with Gasteiger partial charge in [0.25, 0.3) is 0 Å². The fraction of sp³-hybridized carbons (Fsp3) is 0.632. The average Bonchev–Trinajstić information content (AvgIpc) is 3.26. The van der Waals surface area contributed by atoms with Crippen LogP contribution in [0.2, 0.25) is 0 Å². The molecule has 0 saturated carbocycles. The van der Waals surface area contributed by atoms with Crippen molar-refractivity contribution in [2.24, 2.45) is 4.99 Å². The Balaban J connectivity index is 0.00000261. The maximum atomic E-state index is 4.40. The summed E-state index contributed by atoms with van der Waals surface area (Å²) in [4.78, 5) is 4.32. The monoisotopic (exact) mass is 502 g/mol. The van der Waals surface area contributed by atoms with Gasteiger partial charge in [-0.3, -0.25) is 4.99 Å². The van der Waals surface area contributed by atoms with E-state index in [1.165, 1.54) is 30.7 Å². The van der Waals surface area contributed by atoms with Crippen LogP contribution in [0.1, 0.15) is 55.7 Å². The lowest BCUT2D eigenvalue weighted by Crippen LogP contribution is -2.39. The third-order valence-corrected chi connectivity index (χ3v) is 5.67. The van der Waals surface area contributed by atoms with Crippen molar-refractivity contribution >= 4 is 41.3 Å². The zero-order valence-electron chi connectivity index (χ0n) is 16.3. The predicted octanol–water partition coefficient (Wildman–Crippen LogP) is 3.59. The van der Waals surface area contributed by atoms with Crippen molar-refractivity contribution in [1.82, 2.24) is 25.4 Å². The zero-order chi connectivity index (χ0) is 18.2. The first-order chi connectivity index (χ1) is 12.8. The summed E-state index contributed by atoms with van der Waals surface area (Å²) in [6.07, 6.45) is 6.85. The van der Waals surface area contributed by atoms with Gasteiger partial charge in [-0.25, -0.2) is 0 Å². The van der Waals surface area contributed by atoms with Gasteiger partial charge in [-0.05, 0) is 47.6 Å². The number of nitrogens with zero attached hydrogens (tertiary/aromatic N) is 4. The summed E-state index contributed by atoms with van der Waals surface area (Å²) in [5.74, 6) is 3.65. The number of hydrogen-bond donors (Lipinski definition) is 2. The number of aliphatic imine (C=N–C) groups is 1. The topological polar surface area (TPSA) is 67.1 Å². The van der Waals surface area contributed by atoms with E-state index < -0.39 is 0 Å². The number of thiophene rings is 1. The van der Waals surface area contributed by atoms with Crippen LogP contribution in [0.5, 0.6) is 0 Å². The van der Waals surface area contributed by atoms with Crippen LogP contribution in [0.15, 0.2) is 21.8 Å². The summed E-state index contributed by atoms with van der Waals surface area (Å²) >= 11 is 1.75. The molecule has 1 aliphatic heterocycles. The molecule has 0 fully saturated rings. The number of halogens is 1. The Morgan fingerprint density at radius 1 is 1.30 bits per heavy atom. The Bertz CT molecular complexity index is 697. The Morgan fingerprint density at radius 2 is 2.19 bits per heavy atom. The molecule has 0 spiro atoms. The van der Waals surface area contributed by atoms with E-state index in [9.17, 15) is 0 Å². The molecule has 2 aromatic rings. The molecule has 0 bridgehead atoms. The number of hydrogen-bond acceptors (Lipinski definition) is 4. The van der Waals surface area contributed by atoms with Gasteiger partial charge in [-0.15, -0.1) is 34.2 Å². The predicted molar refractivity (Wildman–Crippen MR) is 123 cm³/mol. The van der Waals surface area contributed by atoms with E-state index in [-0.39, 0.29) is 24.0 Å². The molecule has 0 saturated heterocycles. The van der Waals surface area contributed by atoms with Crippen molar-refractivity contribution in [2.75, 3.05) is 20.1 Å². The van der Waals surface area contributed by atoms with Crippen LogP contribution < -0.4 is 10.6 Å². The van der Waals surface area contributed by atoms with Gasteiger partial charge < -0.3 is 15.2 Å². The summed E-state index contributed by atoms with van der Waals surface area (Å²) in [6, 6.07) is 2.19. The number of nitrogens with one attached hydrogen (secondary N) is 2. The summed E-state index contributed by atoms with van der Waals surface area (Å²) in [7, 11) is 1.82. The van der Waals surface area contributed by atoms with Crippen molar-refractivity contribution in [1.29, 1.82) is 0 Å². The van der Waals surface area contributed by atoms with Crippen molar-refractivity contribution < 1.29 is 0 Å². The fourth-order valence-electron chi connectivity index (χ4n) is 3.33.